The molecule has 2 aromatic heterocycles. The Labute approximate surface area is 169 Å². The number of anilines is 1. The van der Waals surface area contributed by atoms with E-state index in [1.165, 1.54) is 9.47 Å². The number of halogens is 3. The Morgan fingerprint density at radius 1 is 1.27 bits per heavy atom. The van der Waals surface area contributed by atoms with Gasteiger partial charge in [0.1, 0.15) is 23.6 Å². The minimum atomic E-state index is -1.47. The van der Waals surface area contributed by atoms with Gasteiger partial charge in [0.25, 0.3) is 0 Å². The van der Waals surface area contributed by atoms with Crippen LogP contribution >= 0.6 is 0 Å². The number of rotatable bonds is 6. The van der Waals surface area contributed by atoms with Crippen LogP contribution in [0.3, 0.4) is 0 Å². The SMILES string of the molecule is O=C(O)c1cn(C2CC2F)c2nc(N3CC(F)C(CNC4CC4)C3)c(F)cc2c1=O. The van der Waals surface area contributed by atoms with Gasteiger partial charge in [-0.3, -0.25) is 4.79 Å². The first-order chi connectivity index (χ1) is 14.3. The summed E-state index contributed by atoms with van der Waals surface area (Å²) in [6, 6.07) is 0.716. The molecule has 1 aliphatic heterocycles. The first-order valence-electron chi connectivity index (χ1n) is 10.1. The number of aromatic carboxylic acids is 1. The molecule has 1 saturated heterocycles. The maximum atomic E-state index is 14.9. The van der Waals surface area contributed by atoms with Gasteiger partial charge in [0.05, 0.1) is 18.0 Å². The minimum Gasteiger partial charge on any atom is -0.477 e. The molecule has 2 saturated carbocycles. The van der Waals surface area contributed by atoms with Gasteiger partial charge in [0.2, 0.25) is 5.43 Å². The molecule has 30 heavy (non-hydrogen) atoms. The van der Waals surface area contributed by atoms with Crippen LogP contribution < -0.4 is 15.6 Å². The van der Waals surface area contributed by atoms with Crippen molar-refractivity contribution in [1.29, 1.82) is 0 Å². The van der Waals surface area contributed by atoms with Crippen LogP contribution in [0.15, 0.2) is 17.1 Å². The molecule has 5 rings (SSSR count). The summed E-state index contributed by atoms with van der Waals surface area (Å²) >= 11 is 0. The highest BCUT2D eigenvalue weighted by atomic mass is 19.1. The van der Waals surface area contributed by atoms with E-state index < -0.39 is 41.2 Å². The molecule has 10 heteroatoms. The van der Waals surface area contributed by atoms with Crippen molar-refractivity contribution in [1.82, 2.24) is 14.9 Å². The molecule has 2 aromatic rings. The number of pyridine rings is 2. The monoisotopic (exact) mass is 422 g/mol. The van der Waals surface area contributed by atoms with E-state index in [2.05, 4.69) is 10.3 Å². The van der Waals surface area contributed by atoms with Crippen LogP contribution in [0.1, 0.15) is 35.7 Å². The largest absolute Gasteiger partial charge is 0.477 e. The molecular weight excluding hydrogens is 401 g/mol. The molecule has 7 nitrogen and oxygen atoms in total. The van der Waals surface area contributed by atoms with E-state index in [0.717, 1.165) is 25.1 Å². The second-order valence-electron chi connectivity index (χ2n) is 8.43. The zero-order valence-corrected chi connectivity index (χ0v) is 16.0. The summed E-state index contributed by atoms with van der Waals surface area (Å²) in [6.07, 6.45) is 1.06. The molecule has 2 N–H and O–H groups in total. The average molecular weight is 422 g/mol. The lowest BCUT2D eigenvalue weighted by Crippen LogP contribution is -2.30. The number of carbonyl (C=O) groups is 1. The number of hydrogen-bond donors (Lipinski definition) is 2. The molecule has 4 unspecified atom stereocenters. The van der Waals surface area contributed by atoms with Crippen molar-refractivity contribution in [3.05, 3.63) is 33.9 Å². The number of carboxylic acids is 1. The smallest absolute Gasteiger partial charge is 0.341 e. The Balaban J connectivity index is 1.53. The standard InChI is InChI=1S/C20H21F3N4O3/c21-13-4-16(13)27-7-12(20(29)30)17(28)11-3-14(22)19(25-18(11)27)26-6-9(15(23)8-26)5-24-10-1-2-10/h3,7,9-10,13,15-16,24H,1-2,4-6,8H2,(H,29,30). The van der Waals surface area contributed by atoms with E-state index in [-0.39, 0.29) is 42.3 Å². The molecule has 0 radical (unpaired) electrons. The van der Waals surface area contributed by atoms with Crippen molar-refractivity contribution in [2.75, 3.05) is 24.5 Å². The molecule has 3 heterocycles. The highest BCUT2D eigenvalue weighted by Gasteiger charge is 2.41. The fraction of sp³-hybridized carbons (Fsp3) is 0.550. The lowest BCUT2D eigenvalue weighted by Gasteiger charge is -2.20. The quantitative estimate of drug-likeness (QED) is 0.741. The third kappa shape index (κ3) is 3.32. The van der Waals surface area contributed by atoms with Gasteiger partial charge < -0.3 is 19.9 Å². The van der Waals surface area contributed by atoms with Gasteiger partial charge in [0, 0.05) is 37.7 Å². The van der Waals surface area contributed by atoms with E-state index in [1.807, 2.05) is 0 Å². The second kappa shape index (κ2) is 6.97. The Morgan fingerprint density at radius 3 is 2.63 bits per heavy atom. The van der Waals surface area contributed by atoms with Gasteiger partial charge in [-0.1, -0.05) is 0 Å². The lowest BCUT2D eigenvalue weighted by atomic mass is 10.1. The summed E-state index contributed by atoms with van der Waals surface area (Å²) in [5, 5.41) is 12.3. The molecule has 0 spiro atoms. The summed E-state index contributed by atoms with van der Waals surface area (Å²) in [4.78, 5) is 29.7. The maximum Gasteiger partial charge on any atom is 0.341 e. The van der Waals surface area contributed by atoms with E-state index in [1.54, 1.807) is 0 Å². The number of carboxylic acid groups (broad SMARTS) is 1. The van der Waals surface area contributed by atoms with Crippen LogP contribution in [0, 0.1) is 11.7 Å². The average Bonchev–Trinajstić information content (AvgIpc) is 3.61. The Hall–Kier alpha value is -2.62. The second-order valence-corrected chi connectivity index (χ2v) is 8.43. The molecule has 2 aliphatic carbocycles. The van der Waals surface area contributed by atoms with Crippen LogP contribution in [0.2, 0.25) is 0 Å². The van der Waals surface area contributed by atoms with Crippen molar-refractivity contribution in [2.24, 2.45) is 5.92 Å². The molecule has 0 bridgehead atoms. The number of nitrogens with one attached hydrogen (secondary N) is 1. The number of aromatic nitrogens is 2. The summed E-state index contributed by atoms with van der Waals surface area (Å²) in [7, 11) is 0. The predicted octanol–water partition coefficient (Wildman–Crippen LogP) is 2.04. The number of hydrogen-bond acceptors (Lipinski definition) is 5. The Morgan fingerprint density at radius 2 is 2.00 bits per heavy atom. The van der Waals surface area contributed by atoms with E-state index >= 15 is 0 Å². The predicted molar refractivity (Wildman–Crippen MR) is 103 cm³/mol. The van der Waals surface area contributed by atoms with Gasteiger partial charge in [-0.15, -0.1) is 0 Å². The van der Waals surface area contributed by atoms with Crippen LogP contribution in [0.25, 0.3) is 11.0 Å². The molecule has 4 atom stereocenters. The zero-order valence-electron chi connectivity index (χ0n) is 16.0. The fourth-order valence-electron chi connectivity index (χ4n) is 4.11. The Kier molecular flexibility index (Phi) is 4.49. The molecular formula is C20H21F3N4O3. The molecule has 0 aromatic carbocycles. The van der Waals surface area contributed by atoms with Crippen molar-refractivity contribution < 1.29 is 23.1 Å². The van der Waals surface area contributed by atoms with E-state index in [4.69, 9.17) is 0 Å². The van der Waals surface area contributed by atoms with Crippen LogP contribution in [0.5, 0.6) is 0 Å². The summed E-state index contributed by atoms with van der Waals surface area (Å²) in [5.74, 6) is -2.71. The lowest BCUT2D eigenvalue weighted by molar-refractivity contribution is 0.0694. The van der Waals surface area contributed by atoms with Crippen molar-refractivity contribution in [3.8, 4) is 0 Å². The van der Waals surface area contributed by atoms with E-state index in [9.17, 15) is 27.9 Å². The third-order valence-electron chi connectivity index (χ3n) is 6.11. The van der Waals surface area contributed by atoms with Crippen molar-refractivity contribution >= 4 is 22.8 Å². The normalized spacial score (nSPS) is 28.3. The van der Waals surface area contributed by atoms with Crippen molar-refractivity contribution in [3.63, 3.8) is 0 Å². The van der Waals surface area contributed by atoms with E-state index in [0.29, 0.717) is 12.6 Å². The zero-order chi connectivity index (χ0) is 21.2. The fourth-order valence-corrected chi connectivity index (χ4v) is 4.11. The maximum absolute atomic E-state index is 14.9. The number of fused-ring (bicyclic) bond motifs is 1. The number of nitrogens with zero attached hydrogens (tertiary/aromatic N) is 3. The molecule has 160 valence electrons. The first kappa shape index (κ1) is 19.3. The number of alkyl halides is 2. The third-order valence-corrected chi connectivity index (χ3v) is 6.11. The molecule has 3 fully saturated rings. The van der Waals surface area contributed by atoms with Gasteiger partial charge in [0.15, 0.2) is 11.6 Å². The van der Waals surface area contributed by atoms with Crippen LogP contribution in [0.4, 0.5) is 19.0 Å². The van der Waals surface area contributed by atoms with Gasteiger partial charge >= 0.3 is 5.97 Å². The summed E-state index contributed by atoms with van der Waals surface area (Å²) in [6.45, 7) is 0.734. The van der Waals surface area contributed by atoms with Gasteiger partial charge in [-0.25, -0.2) is 22.9 Å². The molecule has 3 aliphatic rings. The topological polar surface area (TPSA) is 87.5 Å². The molecule has 0 amide bonds. The highest BCUT2D eigenvalue weighted by molar-refractivity contribution is 5.92. The summed E-state index contributed by atoms with van der Waals surface area (Å²) < 4.78 is 44.4. The minimum absolute atomic E-state index is 0.0153. The van der Waals surface area contributed by atoms with Gasteiger partial charge in [-0.05, 0) is 18.9 Å². The summed E-state index contributed by atoms with van der Waals surface area (Å²) in [5.41, 5.74) is -1.42. The van der Waals surface area contributed by atoms with Crippen LogP contribution in [-0.2, 0) is 0 Å². The highest BCUT2D eigenvalue weighted by Crippen LogP contribution is 2.40. The van der Waals surface area contributed by atoms with Crippen molar-refractivity contribution in [2.45, 2.75) is 43.7 Å². The van der Waals surface area contributed by atoms with Gasteiger partial charge in [-0.2, -0.15) is 0 Å². The Bertz CT molecular complexity index is 1090. The first-order valence-corrected chi connectivity index (χ1v) is 10.1. The van der Waals surface area contributed by atoms with Crippen LogP contribution in [-0.4, -0.2) is 58.6 Å².